The average Bonchev–Trinajstić information content (AvgIpc) is 2.42. The minimum atomic E-state index is -0.561. The van der Waals surface area contributed by atoms with E-state index in [9.17, 15) is 10.1 Å². The molecule has 5 nitrogen and oxygen atoms in total. The SMILES string of the molecule is CCCC12CC3CC(CCN)(C1)CC(C(CC)O[N+](=O)[O-])(C3)C2. The molecule has 0 amide bonds. The van der Waals surface area contributed by atoms with Gasteiger partial charge in [0.2, 0.25) is 0 Å². The first-order valence-electron chi connectivity index (χ1n) is 9.42. The van der Waals surface area contributed by atoms with E-state index in [0.717, 1.165) is 38.6 Å². The van der Waals surface area contributed by atoms with Gasteiger partial charge >= 0.3 is 0 Å². The lowest BCUT2D eigenvalue weighted by atomic mass is 9.37. The molecule has 4 aliphatic rings. The van der Waals surface area contributed by atoms with E-state index >= 15 is 0 Å². The van der Waals surface area contributed by atoms with Crippen LogP contribution < -0.4 is 5.73 Å². The number of hydrogen-bond donors (Lipinski definition) is 1. The highest BCUT2D eigenvalue weighted by atomic mass is 17.0. The minimum Gasteiger partial charge on any atom is -0.330 e. The monoisotopic (exact) mass is 324 g/mol. The molecule has 0 aromatic heterocycles. The molecule has 2 N–H and O–H groups in total. The smallest absolute Gasteiger partial charge is 0.294 e. The molecular weight excluding hydrogens is 292 g/mol. The zero-order valence-electron chi connectivity index (χ0n) is 14.7. The number of hydrogen-bond acceptors (Lipinski definition) is 4. The van der Waals surface area contributed by atoms with E-state index in [4.69, 9.17) is 10.6 Å². The van der Waals surface area contributed by atoms with Gasteiger partial charge in [-0.05, 0) is 86.5 Å². The van der Waals surface area contributed by atoms with Crippen LogP contribution in [0, 0.1) is 32.3 Å². The van der Waals surface area contributed by atoms with Crippen molar-refractivity contribution in [1.82, 2.24) is 0 Å². The first-order chi connectivity index (χ1) is 10.9. The highest BCUT2D eigenvalue weighted by Crippen LogP contribution is 2.72. The number of nitrogens with two attached hydrogens (primary N) is 1. The lowest BCUT2D eigenvalue weighted by Crippen LogP contribution is -2.61. The molecule has 4 bridgehead atoms. The summed E-state index contributed by atoms with van der Waals surface area (Å²) < 4.78 is 0. The van der Waals surface area contributed by atoms with Crippen molar-refractivity contribution in [2.24, 2.45) is 27.9 Å². The van der Waals surface area contributed by atoms with Crippen molar-refractivity contribution in [2.75, 3.05) is 6.54 Å². The summed E-state index contributed by atoms with van der Waals surface area (Å²) in [5, 5.41) is 10.5. The summed E-state index contributed by atoms with van der Waals surface area (Å²) in [5.74, 6) is 0.716. The highest BCUT2D eigenvalue weighted by Gasteiger charge is 2.64. The minimum absolute atomic E-state index is 0.00553. The first-order valence-corrected chi connectivity index (χ1v) is 9.42. The predicted molar refractivity (Wildman–Crippen MR) is 89.2 cm³/mol. The molecule has 132 valence electrons. The van der Waals surface area contributed by atoms with Crippen LogP contribution in [-0.4, -0.2) is 17.7 Å². The first kappa shape index (κ1) is 17.0. The van der Waals surface area contributed by atoms with Gasteiger partial charge in [-0.2, -0.15) is 0 Å². The Morgan fingerprint density at radius 2 is 1.83 bits per heavy atom. The quantitative estimate of drug-likeness (QED) is 0.539. The van der Waals surface area contributed by atoms with Crippen molar-refractivity contribution in [3.63, 3.8) is 0 Å². The molecule has 23 heavy (non-hydrogen) atoms. The molecule has 0 radical (unpaired) electrons. The fourth-order valence-electron chi connectivity index (χ4n) is 7.40. The summed E-state index contributed by atoms with van der Waals surface area (Å²) in [7, 11) is 0. The molecule has 5 atom stereocenters. The van der Waals surface area contributed by atoms with Gasteiger partial charge in [0.25, 0.3) is 5.09 Å². The summed E-state index contributed by atoms with van der Waals surface area (Å²) in [6.07, 6.45) is 11.3. The molecule has 0 heterocycles. The largest absolute Gasteiger partial charge is 0.330 e. The van der Waals surface area contributed by atoms with E-state index < -0.39 is 5.09 Å². The van der Waals surface area contributed by atoms with Crippen molar-refractivity contribution < 1.29 is 9.92 Å². The Morgan fingerprint density at radius 3 is 2.35 bits per heavy atom. The summed E-state index contributed by atoms with van der Waals surface area (Å²) in [4.78, 5) is 16.3. The Morgan fingerprint density at radius 1 is 1.17 bits per heavy atom. The standard InChI is InChI=1S/C18H32N2O3/c1-3-5-16-8-14-9-17(11-16,6-7-19)13-18(10-14,12-16)15(4-2)23-20(21)22/h14-15H,3-13,19H2,1-2H3. The molecule has 4 fully saturated rings. The van der Waals surface area contributed by atoms with E-state index in [0.29, 0.717) is 16.7 Å². The summed E-state index contributed by atoms with van der Waals surface area (Å²) in [6.45, 7) is 5.04. The van der Waals surface area contributed by atoms with Gasteiger partial charge in [0, 0.05) is 0 Å². The Hall–Kier alpha value is -0.840. The third kappa shape index (κ3) is 2.86. The van der Waals surface area contributed by atoms with Gasteiger partial charge in [-0.1, -0.05) is 20.3 Å². The van der Waals surface area contributed by atoms with Crippen LogP contribution in [0.2, 0.25) is 0 Å². The van der Waals surface area contributed by atoms with Crippen LogP contribution in [0.25, 0.3) is 0 Å². The highest BCUT2D eigenvalue weighted by molar-refractivity contribution is 5.14. The Labute approximate surface area is 139 Å². The fraction of sp³-hybridized carbons (Fsp3) is 1.00. The summed E-state index contributed by atoms with van der Waals surface area (Å²) in [6, 6.07) is 0. The second-order valence-corrected chi connectivity index (χ2v) is 8.89. The van der Waals surface area contributed by atoms with Crippen molar-refractivity contribution in [3.05, 3.63) is 10.1 Å². The Kier molecular flexibility index (Phi) is 4.36. The van der Waals surface area contributed by atoms with Crippen LogP contribution in [-0.2, 0) is 4.84 Å². The lowest BCUT2D eigenvalue weighted by molar-refractivity contribution is -0.773. The number of rotatable bonds is 8. The molecule has 5 heteroatoms. The third-order valence-corrected chi connectivity index (χ3v) is 7.06. The molecule has 4 aliphatic carbocycles. The van der Waals surface area contributed by atoms with E-state index in [1.54, 1.807) is 0 Å². The van der Waals surface area contributed by atoms with Crippen LogP contribution in [0.1, 0.15) is 78.1 Å². The molecule has 4 rings (SSSR count). The van der Waals surface area contributed by atoms with Crippen molar-refractivity contribution in [2.45, 2.75) is 84.2 Å². The van der Waals surface area contributed by atoms with E-state index in [1.807, 2.05) is 6.92 Å². The van der Waals surface area contributed by atoms with Gasteiger partial charge in [0.15, 0.2) is 0 Å². The zero-order chi connectivity index (χ0) is 16.7. The summed E-state index contributed by atoms with van der Waals surface area (Å²) in [5.41, 5.74) is 6.67. The maximum absolute atomic E-state index is 11.0. The van der Waals surface area contributed by atoms with E-state index in [-0.39, 0.29) is 11.5 Å². The second kappa shape index (κ2) is 5.91. The van der Waals surface area contributed by atoms with Crippen LogP contribution in [0.15, 0.2) is 0 Å². The molecule has 0 aliphatic heterocycles. The fourth-order valence-corrected chi connectivity index (χ4v) is 7.40. The van der Waals surface area contributed by atoms with Crippen LogP contribution in [0.4, 0.5) is 0 Å². The van der Waals surface area contributed by atoms with Crippen molar-refractivity contribution in [1.29, 1.82) is 0 Å². The number of nitrogens with zero attached hydrogens (tertiary/aromatic N) is 1. The Bertz CT molecular complexity index is 445. The van der Waals surface area contributed by atoms with Gasteiger partial charge in [0.1, 0.15) is 6.10 Å². The molecule has 5 unspecified atom stereocenters. The molecule has 0 spiro atoms. The third-order valence-electron chi connectivity index (χ3n) is 7.06. The normalized spacial score (nSPS) is 42.7. The van der Waals surface area contributed by atoms with Crippen LogP contribution in [0.3, 0.4) is 0 Å². The average molecular weight is 324 g/mol. The predicted octanol–water partition coefficient (Wildman–Crippen LogP) is 4.08. The Balaban J connectivity index is 1.95. The maximum Gasteiger partial charge on any atom is 0.294 e. The van der Waals surface area contributed by atoms with Gasteiger partial charge in [-0.3, -0.25) is 0 Å². The van der Waals surface area contributed by atoms with Crippen LogP contribution in [0.5, 0.6) is 0 Å². The molecule has 4 saturated carbocycles. The molecule has 0 saturated heterocycles. The molecular formula is C18H32N2O3. The zero-order valence-corrected chi connectivity index (χ0v) is 14.7. The lowest BCUT2D eigenvalue weighted by Gasteiger charge is -2.68. The van der Waals surface area contributed by atoms with E-state index in [1.165, 1.54) is 32.1 Å². The molecule has 0 aromatic carbocycles. The van der Waals surface area contributed by atoms with Crippen LogP contribution >= 0.6 is 0 Å². The van der Waals surface area contributed by atoms with E-state index in [2.05, 4.69) is 6.92 Å². The van der Waals surface area contributed by atoms with Gasteiger partial charge in [-0.25, -0.2) is 0 Å². The van der Waals surface area contributed by atoms with Crippen molar-refractivity contribution >= 4 is 0 Å². The molecule has 0 aromatic rings. The van der Waals surface area contributed by atoms with Crippen molar-refractivity contribution in [3.8, 4) is 0 Å². The second-order valence-electron chi connectivity index (χ2n) is 8.89. The van der Waals surface area contributed by atoms with Gasteiger partial charge in [0.05, 0.1) is 0 Å². The summed E-state index contributed by atoms with van der Waals surface area (Å²) >= 11 is 0. The van der Waals surface area contributed by atoms with Gasteiger partial charge in [-0.15, -0.1) is 10.1 Å². The topological polar surface area (TPSA) is 78.4 Å². The van der Waals surface area contributed by atoms with Gasteiger partial charge < -0.3 is 10.6 Å². The maximum atomic E-state index is 11.0.